The highest BCUT2D eigenvalue weighted by molar-refractivity contribution is 6.36. The lowest BCUT2D eigenvalue weighted by Gasteiger charge is -2.08. The molecule has 134 valence electrons. The lowest BCUT2D eigenvalue weighted by Crippen LogP contribution is -2.19. The summed E-state index contributed by atoms with van der Waals surface area (Å²) in [7, 11) is 0. The monoisotopic (exact) mass is 391 g/mol. The van der Waals surface area contributed by atoms with Crippen LogP contribution < -0.4 is 16.8 Å². The maximum absolute atomic E-state index is 11.8. The molecule has 26 heavy (non-hydrogen) atoms. The Morgan fingerprint density at radius 1 is 1.19 bits per heavy atom. The van der Waals surface area contributed by atoms with Crippen molar-refractivity contribution in [2.24, 2.45) is 16.5 Å². The van der Waals surface area contributed by atoms with Crippen molar-refractivity contribution in [3.8, 4) is 0 Å². The van der Waals surface area contributed by atoms with Gasteiger partial charge in [-0.05, 0) is 24.3 Å². The SMILES string of the molecule is CC(=O)Nc1cc(N=CC(C(N)=O)=C(N)c2ccc(Cl)cc2Cl)ccn1. The molecule has 7 nitrogen and oxygen atoms in total. The summed E-state index contributed by atoms with van der Waals surface area (Å²) in [5.41, 5.74) is 12.3. The summed E-state index contributed by atoms with van der Waals surface area (Å²) in [4.78, 5) is 31.0. The van der Waals surface area contributed by atoms with Crippen molar-refractivity contribution in [2.75, 3.05) is 5.32 Å². The Morgan fingerprint density at radius 3 is 2.54 bits per heavy atom. The van der Waals surface area contributed by atoms with Crippen LogP contribution >= 0.6 is 23.2 Å². The van der Waals surface area contributed by atoms with E-state index in [4.69, 9.17) is 34.7 Å². The fourth-order valence-electron chi connectivity index (χ4n) is 2.01. The van der Waals surface area contributed by atoms with Crippen LogP contribution in [0.4, 0.5) is 11.5 Å². The predicted octanol–water partition coefficient (Wildman–Crippen LogP) is 2.90. The predicted molar refractivity (Wildman–Crippen MR) is 103 cm³/mol. The summed E-state index contributed by atoms with van der Waals surface area (Å²) in [6.07, 6.45) is 2.69. The zero-order chi connectivity index (χ0) is 19.3. The second kappa shape index (κ2) is 8.46. The number of carbonyl (C=O) groups excluding carboxylic acids is 2. The third-order valence-corrected chi connectivity index (χ3v) is 3.72. The summed E-state index contributed by atoms with van der Waals surface area (Å²) < 4.78 is 0. The third kappa shape index (κ3) is 5.05. The Balaban J connectivity index is 2.40. The lowest BCUT2D eigenvalue weighted by atomic mass is 10.1. The summed E-state index contributed by atoms with van der Waals surface area (Å²) >= 11 is 12.0. The molecule has 0 unspecified atom stereocenters. The van der Waals surface area contributed by atoms with Crippen molar-refractivity contribution >= 4 is 58.4 Å². The number of nitrogens with two attached hydrogens (primary N) is 2. The molecule has 0 radical (unpaired) electrons. The minimum absolute atomic E-state index is 0.0212. The average molecular weight is 392 g/mol. The van der Waals surface area contributed by atoms with Crippen molar-refractivity contribution in [2.45, 2.75) is 6.92 Å². The highest BCUT2D eigenvalue weighted by Crippen LogP contribution is 2.26. The van der Waals surface area contributed by atoms with Crippen molar-refractivity contribution < 1.29 is 9.59 Å². The quantitative estimate of drug-likeness (QED) is 0.535. The number of primary amides is 1. The molecule has 2 amide bonds. The number of nitrogens with one attached hydrogen (secondary N) is 1. The maximum atomic E-state index is 11.8. The highest BCUT2D eigenvalue weighted by atomic mass is 35.5. The van der Waals surface area contributed by atoms with Gasteiger partial charge in [-0.1, -0.05) is 23.2 Å². The van der Waals surface area contributed by atoms with E-state index in [9.17, 15) is 9.59 Å². The molecule has 0 bridgehead atoms. The summed E-state index contributed by atoms with van der Waals surface area (Å²) in [5, 5.41) is 3.25. The molecule has 0 atom stereocenters. The van der Waals surface area contributed by atoms with Gasteiger partial charge in [0.1, 0.15) is 5.82 Å². The molecule has 0 saturated carbocycles. The van der Waals surface area contributed by atoms with Gasteiger partial charge in [-0.3, -0.25) is 14.6 Å². The first-order valence-electron chi connectivity index (χ1n) is 7.30. The van der Waals surface area contributed by atoms with Gasteiger partial charge < -0.3 is 16.8 Å². The Kier molecular flexibility index (Phi) is 6.32. The fourth-order valence-corrected chi connectivity index (χ4v) is 2.52. The molecule has 0 fully saturated rings. The number of aromatic nitrogens is 1. The molecule has 1 aromatic heterocycles. The van der Waals surface area contributed by atoms with Crippen LogP contribution in [0.25, 0.3) is 5.70 Å². The Morgan fingerprint density at radius 2 is 1.92 bits per heavy atom. The van der Waals surface area contributed by atoms with E-state index in [1.54, 1.807) is 18.2 Å². The van der Waals surface area contributed by atoms with Gasteiger partial charge in [0.25, 0.3) is 5.91 Å². The van der Waals surface area contributed by atoms with Crippen molar-refractivity contribution in [1.29, 1.82) is 0 Å². The molecular formula is C17H15Cl2N5O2. The summed E-state index contributed by atoms with van der Waals surface area (Å²) in [6.45, 7) is 1.36. The van der Waals surface area contributed by atoms with E-state index < -0.39 is 5.91 Å². The van der Waals surface area contributed by atoms with Gasteiger partial charge >= 0.3 is 0 Å². The van der Waals surface area contributed by atoms with Gasteiger partial charge in [0.2, 0.25) is 5.91 Å². The molecule has 5 N–H and O–H groups in total. The topological polar surface area (TPSA) is 123 Å². The van der Waals surface area contributed by atoms with E-state index in [1.807, 2.05) is 0 Å². The molecule has 9 heteroatoms. The number of rotatable bonds is 5. The number of anilines is 1. The normalized spacial score (nSPS) is 12.0. The van der Waals surface area contributed by atoms with Gasteiger partial charge in [0.05, 0.1) is 22.0 Å². The van der Waals surface area contributed by atoms with Crippen LogP contribution in [0.1, 0.15) is 12.5 Å². The van der Waals surface area contributed by atoms with Crippen LogP contribution in [0.3, 0.4) is 0 Å². The van der Waals surface area contributed by atoms with E-state index in [0.717, 1.165) is 0 Å². The van der Waals surface area contributed by atoms with Gasteiger partial charge in [-0.15, -0.1) is 0 Å². The largest absolute Gasteiger partial charge is 0.398 e. The molecular weight excluding hydrogens is 377 g/mol. The van der Waals surface area contributed by atoms with E-state index in [1.165, 1.54) is 31.5 Å². The third-order valence-electron chi connectivity index (χ3n) is 3.17. The molecule has 0 aliphatic heterocycles. The number of aliphatic imine (C=N–C) groups is 1. The van der Waals surface area contributed by atoms with Crippen LogP contribution in [0.2, 0.25) is 10.0 Å². The first-order chi connectivity index (χ1) is 12.3. The second-order valence-electron chi connectivity index (χ2n) is 5.15. The average Bonchev–Trinajstić information content (AvgIpc) is 2.54. The van der Waals surface area contributed by atoms with E-state index in [2.05, 4.69) is 15.3 Å². The number of benzene rings is 1. The summed E-state index contributed by atoms with van der Waals surface area (Å²) in [6, 6.07) is 7.80. The molecule has 0 aliphatic carbocycles. The van der Waals surface area contributed by atoms with Crippen LogP contribution in [-0.2, 0) is 9.59 Å². The Bertz CT molecular complexity index is 925. The van der Waals surface area contributed by atoms with E-state index in [0.29, 0.717) is 22.1 Å². The minimum atomic E-state index is -0.770. The Labute approximate surface area is 159 Å². The number of nitrogens with zero attached hydrogens (tertiary/aromatic N) is 2. The van der Waals surface area contributed by atoms with E-state index >= 15 is 0 Å². The molecule has 0 saturated heterocycles. The molecule has 1 aromatic carbocycles. The first kappa shape index (κ1) is 19.4. The summed E-state index contributed by atoms with van der Waals surface area (Å²) in [5.74, 6) is -0.711. The number of hydrogen-bond acceptors (Lipinski definition) is 5. The van der Waals surface area contributed by atoms with Crippen molar-refractivity contribution in [1.82, 2.24) is 4.98 Å². The van der Waals surface area contributed by atoms with Gasteiger partial charge in [0.15, 0.2) is 0 Å². The first-order valence-corrected chi connectivity index (χ1v) is 8.06. The van der Waals surface area contributed by atoms with Crippen LogP contribution in [0, 0.1) is 0 Å². The molecule has 1 heterocycles. The van der Waals surface area contributed by atoms with Gasteiger partial charge in [0, 0.05) is 36.0 Å². The standard InChI is InChI=1S/C17H15Cl2N5O2/c1-9(25)24-15-7-11(4-5-22-15)23-8-13(17(21)26)16(20)12-3-2-10(18)6-14(12)19/h2-8H,20H2,1H3,(H2,21,26)(H,22,24,25). The molecule has 0 spiro atoms. The zero-order valence-electron chi connectivity index (χ0n) is 13.7. The number of hydrogen-bond donors (Lipinski definition) is 3. The second-order valence-corrected chi connectivity index (χ2v) is 6.00. The van der Waals surface area contributed by atoms with Gasteiger partial charge in [-0.25, -0.2) is 4.98 Å². The number of carbonyl (C=O) groups is 2. The minimum Gasteiger partial charge on any atom is -0.398 e. The van der Waals surface area contributed by atoms with Crippen LogP contribution in [0.5, 0.6) is 0 Å². The maximum Gasteiger partial charge on any atom is 0.252 e. The smallest absolute Gasteiger partial charge is 0.252 e. The van der Waals surface area contributed by atoms with Crippen molar-refractivity contribution in [3.05, 3.63) is 57.7 Å². The highest BCUT2D eigenvalue weighted by Gasteiger charge is 2.13. The van der Waals surface area contributed by atoms with Crippen LogP contribution in [-0.4, -0.2) is 23.0 Å². The van der Waals surface area contributed by atoms with Gasteiger partial charge in [-0.2, -0.15) is 0 Å². The number of pyridine rings is 1. The van der Waals surface area contributed by atoms with Crippen LogP contribution in [0.15, 0.2) is 47.1 Å². The van der Waals surface area contributed by atoms with Crippen molar-refractivity contribution in [3.63, 3.8) is 0 Å². The molecule has 0 aliphatic rings. The molecule has 2 aromatic rings. The van der Waals surface area contributed by atoms with E-state index in [-0.39, 0.29) is 22.2 Å². The zero-order valence-corrected chi connectivity index (χ0v) is 15.2. The number of halogens is 2. The molecule has 2 rings (SSSR count). The Hall–Kier alpha value is -2.90. The lowest BCUT2D eigenvalue weighted by molar-refractivity contribution is -0.115. The number of amides is 2. The fraction of sp³-hybridized carbons (Fsp3) is 0.0588.